The second-order valence-electron chi connectivity index (χ2n) is 7.93. The average Bonchev–Trinajstić information content (AvgIpc) is 3.03. The lowest BCUT2D eigenvalue weighted by Gasteiger charge is -2.40. The van der Waals surface area contributed by atoms with E-state index in [0.29, 0.717) is 18.2 Å². The number of hydrogen-bond donors (Lipinski definition) is 2. The topological polar surface area (TPSA) is 96.3 Å². The van der Waals surface area contributed by atoms with Crippen molar-refractivity contribution in [2.45, 2.75) is 65.6 Å². The summed E-state index contributed by atoms with van der Waals surface area (Å²) in [6, 6.07) is 1.51. The summed E-state index contributed by atoms with van der Waals surface area (Å²) in [5, 5.41) is 10.0. The van der Waals surface area contributed by atoms with Crippen molar-refractivity contribution < 1.29 is 14.4 Å². The van der Waals surface area contributed by atoms with Crippen LogP contribution in [0.1, 0.15) is 68.4 Å². The van der Waals surface area contributed by atoms with Crippen molar-refractivity contribution in [1.82, 2.24) is 25.3 Å². The molecule has 0 radical (unpaired) electrons. The van der Waals surface area contributed by atoms with Gasteiger partial charge >= 0.3 is 0 Å². The Morgan fingerprint density at radius 2 is 2.00 bits per heavy atom. The van der Waals surface area contributed by atoms with Crippen molar-refractivity contribution >= 4 is 17.7 Å². The van der Waals surface area contributed by atoms with Crippen LogP contribution in [0.2, 0.25) is 0 Å². The van der Waals surface area contributed by atoms with E-state index in [1.54, 1.807) is 14.0 Å². The van der Waals surface area contributed by atoms with E-state index < -0.39 is 5.54 Å². The summed E-state index contributed by atoms with van der Waals surface area (Å²) >= 11 is 0. The van der Waals surface area contributed by atoms with Crippen LogP contribution in [0.25, 0.3) is 0 Å². The molecule has 1 aromatic heterocycles. The molecule has 0 spiro atoms. The lowest BCUT2D eigenvalue weighted by Crippen LogP contribution is -2.62. The highest BCUT2D eigenvalue weighted by molar-refractivity contribution is 6.01. The highest BCUT2D eigenvalue weighted by Crippen LogP contribution is 2.26. The van der Waals surface area contributed by atoms with Gasteiger partial charge in [0.15, 0.2) is 5.69 Å². The Bertz CT molecular complexity index is 727. The number of nitrogens with one attached hydrogen (secondary N) is 2. The third-order valence-electron chi connectivity index (χ3n) is 5.22. The van der Waals surface area contributed by atoms with Crippen LogP contribution in [0.3, 0.4) is 0 Å². The summed E-state index contributed by atoms with van der Waals surface area (Å²) in [5.41, 5.74) is -0.548. The van der Waals surface area contributed by atoms with Gasteiger partial charge in [-0.25, -0.2) is 0 Å². The molecule has 2 atom stereocenters. The van der Waals surface area contributed by atoms with E-state index in [1.165, 1.54) is 15.6 Å². The molecule has 0 fully saturated rings. The van der Waals surface area contributed by atoms with Crippen molar-refractivity contribution in [2.24, 2.45) is 5.92 Å². The van der Waals surface area contributed by atoms with Crippen LogP contribution >= 0.6 is 0 Å². The molecule has 2 heterocycles. The zero-order valence-electron chi connectivity index (χ0n) is 17.1. The van der Waals surface area contributed by atoms with E-state index in [0.717, 1.165) is 12.8 Å². The molecule has 1 aliphatic heterocycles. The molecule has 1 aromatic rings. The van der Waals surface area contributed by atoms with Gasteiger partial charge in [-0.15, -0.1) is 0 Å². The largest absolute Gasteiger partial charge is 0.354 e. The molecule has 0 bridgehead atoms. The number of rotatable bonds is 7. The molecule has 2 N–H and O–H groups in total. The van der Waals surface area contributed by atoms with E-state index in [-0.39, 0.29) is 36.0 Å². The van der Waals surface area contributed by atoms with Gasteiger partial charge < -0.3 is 15.5 Å². The summed E-state index contributed by atoms with van der Waals surface area (Å²) in [6.45, 7) is 10.5. The summed E-state index contributed by atoms with van der Waals surface area (Å²) in [6.07, 6.45) is 1.67. The predicted octanol–water partition coefficient (Wildman–Crippen LogP) is 1.42. The smallest absolute Gasteiger partial charge is 0.272 e. The molecule has 2 rings (SSSR count). The van der Waals surface area contributed by atoms with Crippen LogP contribution in [0, 0.1) is 5.92 Å². The number of carbonyl (C=O) groups excluding carboxylic acids is 3. The van der Waals surface area contributed by atoms with Crippen molar-refractivity contribution in [3.63, 3.8) is 0 Å². The maximum atomic E-state index is 12.8. The fourth-order valence-corrected chi connectivity index (χ4v) is 2.90. The Morgan fingerprint density at radius 3 is 2.59 bits per heavy atom. The minimum absolute atomic E-state index is 0.0200. The molecule has 27 heavy (non-hydrogen) atoms. The predicted molar refractivity (Wildman–Crippen MR) is 102 cm³/mol. The van der Waals surface area contributed by atoms with E-state index >= 15 is 0 Å². The second kappa shape index (κ2) is 8.10. The maximum absolute atomic E-state index is 12.8. The Hall–Kier alpha value is -2.38. The van der Waals surface area contributed by atoms with E-state index in [9.17, 15) is 14.4 Å². The third-order valence-corrected chi connectivity index (χ3v) is 5.22. The minimum Gasteiger partial charge on any atom is -0.354 e. The molecule has 0 aliphatic carbocycles. The number of aromatic nitrogens is 2. The Labute approximate surface area is 160 Å². The number of nitrogens with zero attached hydrogens (tertiary/aromatic N) is 3. The number of carbonyl (C=O) groups is 3. The molecule has 150 valence electrons. The Kier molecular flexibility index (Phi) is 6.28. The number of likely N-dealkylation sites (N-methyl/N-ethyl adjacent to an activating group) is 1. The van der Waals surface area contributed by atoms with Crippen LogP contribution in [-0.2, 0) is 11.3 Å². The van der Waals surface area contributed by atoms with Gasteiger partial charge in [0, 0.05) is 25.7 Å². The van der Waals surface area contributed by atoms with Crippen LogP contribution in [0.4, 0.5) is 0 Å². The molecule has 8 nitrogen and oxygen atoms in total. The van der Waals surface area contributed by atoms with Gasteiger partial charge in [0.2, 0.25) is 5.91 Å². The number of hydrogen-bond acceptors (Lipinski definition) is 4. The first-order chi connectivity index (χ1) is 12.6. The highest BCUT2D eigenvalue weighted by Gasteiger charge is 2.46. The van der Waals surface area contributed by atoms with Gasteiger partial charge in [-0.1, -0.05) is 20.8 Å². The van der Waals surface area contributed by atoms with Gasteiger partial charge in [0.1, 0.15) is 11.2 Å². The molecule has 2 unspecified atom stereocenters. The Morgan fingerprint density at radius 1 is 1.33 bits per heavy atom. The zero-order valence-corrected chi connectivity index (χ0v) is 17.1. The SMILES string of the molecule is CCC(C)NC(=O)c1cc2n(n1)CC(C)(C(=O)NCCC(C)C)N(C)C2=O. The molecule has 0 aromatic carbocycles. The van der Waals surface area contributed by atoms with Crippen molar-refractivity contribution in [3.05, 3.63) is 17.5 Å². The van der Waals surface area contributed by atoms with E-state index in [4.69, 9.17) is 0 Å². The van der Waals surface area contributed by atoms with Gasteiger partial charge in [0.25, 0.3) is 11.8 Å². The highest BCUT2D eigenvalue weighted by atomic mass is 16.2. The van der Waals surface area contributed by atoms with Crippen molar-refractivity contribution in [2.75, 3.05) is 13.6 Å². The van der Waals surface area contributed by atoms with Gasteiger partial charge in [0.05, 0.1) is 6.54 Å². The summed E-state index contributed by atoms with van der Waals surface area (Å²) in [5.74, 6) is -0.374. The standard InChI is InChI=1S/C19H31N5O3/c1-7-13(4)21-16(25)14-10-15-17(26)23(6)19(5,11-24(15)22-14)18(27)20-9-8-12(2)3/h10,12-13H,7-9,11H2,1-6H3,(H,20,27)(H,21,25). The zero-order chi connectivity index (χ0) is 20.4. The normalized spacial score (nSPS) is 20.4. The average molecular weight is 377 g/mol. The monoisotopic (exact) mass is 377 g/mol. The maximum Gasteiger partial charge on any atom is 0.272 e. The lowest BCUT2D eigenvalue weighted by atomic mass is 9.95. The molecule has 0 saturated heterocycles. The van der Waals surface area contributed by atoms with Gasteiger partial charge in [-0.3, -0.25) is 19.1 Å². The molecule has 3 amide bonds. The van der Waals surface area contributed by atoms with E-state index in [2.05, 4.69) is 29.6 Å². The summed E-state index contributed by atoms with van der Waals surface area (Å²) in [7, 11) is 1.61. The number of fused-ring (bicyclic) bond motifs is 1. The first-order valence-electron chi connectivity index (χ1n) is 9.55. The molecule has 8 heteroatoms. The fourth-order valence-electron chi connectivity index (χ4n) is 2.90. The lowest BCUT2D eigenvalue weighted by molar-refractivity contribution is -0.132. The van der Waals surface area contributed by atoms with E-state index in [1.807, 2.05) is 13.8 Å². The van der Waals surface area contributed by atoms with Crippen molar-refractivity contribution in [3.8, 4) is 0 Å². The molecular formula is C19H31N5O3. The molecule has 0 saturated carbocycles. The fraction of sp³-hybridized carbons (Fsp3) is 0.684. The van der Waals surface area contributed by atoms with Crippen LogP contribution in [-0.4, -0.2) is 57.6 Å². The first kappa shape index (κ1) is 20.9. The molecular weight excluding hydrogens is 346 g/mol. The summed E-state index contributed by atoms with van der Waals surface area (Å²) < 4.78 is 1.47. The van der Waals surface area contributed by atoms with Gasteiger partial charge in [-0.05, 0) is 32.6 Å². The van der Waals surface area contributed by atoms with Crippen molar-refractivity contribution in [1.29, 1.82) is 0 Å². The minimum atomic E-state index is -1.06. The van der Waals surface area contributed by atoms with Crippen LogP contribution in [0.5, 0.6) is 0 Å². The molecule has 1 aliphatic rings. The number of amides is 3. The van der Waals surface area contributed by atoms with Crippen LogP contribution < -0.4 is 10.6 Å². The van der Waals surface area contributed by atoms with Gasteiger partial charge in [-0.2, -0.15) is 5.10 Å². The quantitative estimate of drug-likeness (QED) is 0.751. The third kappa shape index (κ3) is 4.31. The second-order valence-corrected chi connectivity index (χ2v) is 7.93. The summed E-state index contributed by atoms with van der Waals surface area (Å²) in [4.78, 5) is 39.3. The Balaban J connectivity index is 2.21. The first-order valence-corrected chi connectivity index (χ1v) is 9.55. The van der Waals surface area contributed by atoms with Crippen LogP contribution in [0.15, 0.2) is 6.07 Å².